The van der Waals surface area contributed by atoms with Gasteiger partial charge in [-0.2, -0.15) is 0 Å². The molecular weight excluding hydrogens is 392 g/mol. The van der Waals surface area contributed by atoms with Crippen molar-refractivity contribution in [1.29, 1.82) is 0 Å². The number of aromatic nitrogens is 2. The van der Waals surface area contributed by atoms with Gasteiger partial charge >= 0.3 is 0 Å². The van der Waals surface area contributed by atoms with E-state index in [1.165, 1.54) is 0 Å². The molecule has 0 saturated carbocycles. The zero-order valence-electron chi connectivity index (χ0n) is 15.3. The van der Waals surface area contributed by atoms with Gasteiger partial charge in [-0.05, 0) is 34.5 Å². The summed E-state index contributed by atoms with van der Waals surface area (Å²) in [7, 11) is 0. The number of fused-ring (bicyclic) bond motifs is 3. The normalized spacial score (nSPS) is 12.0. The molecule has 0 fully saturated rings. The van der Waals surface area contributed by atoms with E-state index in [1.54, 1.807) is 0 Å². The second-order valence-corrected chi connectivity index (χ2v) is 6.66. The fourth-order valence-electron chi connectivity index (χ4n) is 2.86. The Balaban J connectivity index is 0.000000948. The Bertz CT molecular complexity index is 875. The molecular formula is C21H23BrN2O2. The molecule has 5 heteroatoms. The maximum Gasteiger partial charge on any atom is 0.144 e. The molecule has 4 nitrogen and oxygen atoms in total. The highest BCUT2D eigenvalue weighted by atomic mass is 79.9. The fraction of sp³-hybridized carbons (Fsp3) is 0.286. The van der Waals surface area contributed by atoms with E-state index in [-0.39, 0.29) is 0 Å². The Kier molecular flexibility index (Phi) is 5.99. The van der Waals surface area contributed by atoms with E-state index in [2.05, 4.69) is 31.7 Å². The molecule has 4 rings (SSSR count). The van der Waals surface area contributed by atoms with Gasteiger partial charge in [-0.1, -0.05) is 44.2 Å². The molecule has 1 aliphatic rings. The van der Waals surface area contributed by atoms with Gasteiger partial charge in [0.25, 0.3) is 0 Å². The molecule has 2 aromatic carbocycles. The summed E-state index contributed by atoms with van der Waals surface area (Å²) >= 11 is 3.62. The molecule has 0 atom stereocenters. The predicted octanol–water partition coefficient (Wildman–Crippen LogP) is 5.62. The van der Waals surface area contributed by atoms with Crippen molar-refractivity contribution in [2.75, 3.05) is 6.61 Å². The fourth-order valence-corrected chi connectivity index (χ4v) is 3.32. The minimum absolute atomic E-state index is 0.520. The van der Waals surface area contributed by atoms with Crippen LogP contribution in [0.4, 0.5) is 0 Å². The van der Waals surface area contributed by atoms with Crippen molar-refractivity contribution >= 4 is 15.9 Å². The molecule has 1 aromatic heterocycles. The van der Waals surface area contributed by atoms with Crippen LogP contribution in [0.5, 0.6) is 11.5 Å². The van der Waals surface area contributed by atoms with Crippen molar-refractivity contribution < 1.29 is 9.47 Å². The summed E-state index contributed by atoms with van der Waals surface area (Å²) in [5, 5.41) is 0. The summed E-state index contributed by atoms with van der Waals surface area (Å²) in [4.78, 5) is 4.64. The van der Waals surface area contributed by atoms with Gasteiger partial charge in [-0.3, -0.25) is 0 Å². The van der Waals surface area contributed by atoms with E-state index in [9.17, 15) is 0 Å². The molecule has 0 saturated heterocycles. The van der Waals surface area contributed by atoms with Gasteiger partial charge in [0, 0.05) is 12.3 Å². The van der Waals surface area contributed by atoms with Crippen molar-refractivity contribution in [3.05, 3.63) is 64.4 Å². The third-order valence-corrected chi connectivity index (χ3v) is 4.62. The number of imidazole rings is 1. The summed E-state index contributed by atoms with van der Waals surface area (Å²) in [5.74, 6) is 2.52. The van der Waals surface area contributed by atoms with E-state index >= 15 is 0 Å². The van der Waals surface area contributed by atoms with E-state index in [4.69, 9.17) is 9.47 Å². The topological polar surface area (TPSA) is 36.3 Å². The Hall–Kier alpha value is -2.27. The minimum atomic E-state index is 0.520. The van der Waals surface area contributed by atoms with Gasteiger partial charge in [-0.25, -0.2) is 4.98 Å². The van der Waals surface area contributed by atoms with Crippen LogP contribution in [0.2, 0.25) is 0 Å². The molecule has 0 N–H and O–H groups in total. The number of ether oxygens (including phenoxy) is 2. The third kappa shape index (κ3) is 3.93. The number of halogens is 1. The van der Waals surface area contributed by atoms with Crippen LogP contribution in [-0.2, 0) is 13.2 Å². The van der Waals surface area contributed by atoms with Crippen molar-refractivity contribution in [2.24, 2.45) is 0 Å². The van der Waals surface area contributed by atoms with Gasteiger partial charge in [0.15, 0.2) is 0 Å². The van der Waals surface area contributed by atoms with Crippen molar-refractivity contribution in [1.82, 2.24) is 9.55 Å². The first-order valence-corrected chi connectivity index (χ1v) is 9.67. The Labute approximate surface area is 162 Å². The van der Waals surface area contributed by atoms with Crippen LogP contribution in [0.15, 0.2) is 53.1 Å². The lowest BCUT2D eigenvalue weighted by atomic mass is 10.1. The zero-order valence-corrected chi connectivity index (χ0v) is 16.9. The summed E-state index contributed by atoms with van der Waals surface area (Å²) in [5.41, 5.74) is 3.13. The first-order valence-electron chi connectivity index (χ1n) is 8.88. The van der Waals surface area contributed by atoms with Gasteiger partial charge in [0.1, 0.15) is 30.5 Å². The zero-order chi connectivity index (χ0) is 18.5. The highest BCUT2D eigenvalue weighted by Crippen LogP contribution is 2.40. The Morgan fingerprint density at radius 3 is 2.73 bits per heavy atom. The van der Waals surface area contributed by atoms with Crippen LogP contribution in [0.3, 0.4) is 0 Å². The van der Waals surface area contributed by atoms with Gasteiger partial charge in [0.05, 0.1) is 22.3 Å². The van der Waals surface area contributed by atoms with Gasteiger partial charge < -0.3 is 14.0 Å². The smallest absolute Gasteiger partial charge is 0.144 e. The van der Waals surface area contributed by atoms with Crippen LogP contribution in [0.25, 0.3) is 11.4 Å². The largest absolute Gasteiger partial charge is 0.491 e. The monoisotopic (exact) mass is 414 g/mol. The molecule has 2 heterocycles. The van der Waals surface area contributed by atoms with E-state index in [0.29, 0.717) is 13.2 Å². The number of benzene rings is 2. The highest BCUT2D eigenvalue weighted by molar-refractivity contribution is 9.10. The van der Waals surface area contributed by atoms with E-state index in [0.717, 1.165) is 45.2 Å². The molecule has 136 valence electrons. The SMILES string of the molecule is CC.Cc1cn2c(n1)-c1cc(Br)c(OCc3ccccc3)cc1OCC2. The molecule has 0 unspecified atom stereocenters. The highest BCUT2D eigenvalue weighted by Gasteiger charge is 2.20. The number of aryl methyl sites for hydroxylation is 1. The van der Waals surface area contributed by atoms with Gasteiger partial charge in [-0.15, -0.1) is 0 Å². The summed E-state index contributed by atoms with van der Waals surface area (Å²) < 4.78 is 14.9. The maximum absolute atomic E-state index is 5.97. The van der Waals surface area contributed by atoms with E-state index in [1.807, 2.05) is 63.2 Å². The summed E-state index contributed by atoms with van der Waals surface area (Å²) in [6.07, 6.45) is 2.06. The van der Waals surface area contributed by atoms with Crippen LogP contribution in [0, 0.1) is 6.92 Å². The molecule has 0 spiro atoms. The van der Waals surface area contributed by atoms with Crippen molar-refractivity contribution in [2.45, 2.75) is 33.9 Å². The van der Waals surface area contributed by atoms with Crippen LogP contribution >= 0.6 is 15.9 Å². The number of hydrogen-bond donors (Lipinski definition) is 0. The Morgan fingerprint density at radius 1 is 1.19 bits per heavy atom. The second-order valence-electron chi connectivity index (χ2n) is 5.80. The lowest BCUT2D eigenvalue weighted by Gasteiger charge is -2.13. The molecule has 0 radical (unpaired) electrons. The van der Waals surface area contributed by atoms with Crippen molar-refractivity contribution in [3.8, 4) is 22.9 Å². The lowest BCUT2D eigenvalue weighted by molar-refractivity contribution is 0.290. The molecule has 26 heavy (non-hydrogen) atoms. The van der Waals surface area contributed by atoms with E-state index < -0.39 is 0 Å². The molecule has 0 bridgehead atoms. The number of rotatable bonds is 3. The maximum atomic E-state index is 5.97. The predicted molar refractivity (Wildman–Crippen MR) is 108 cm³/mol. The number of hydrogen-bond acceptors (Lipinski definition) is 3. The molecule has 1 aliphatic heterocycles. The lowest BCUT2D eigenvalue weighted by Crippen LogP contribution is -2.04. The second kappa shape index (κ2) is 8.41. The summed E-state index contributed by atoms with van der Waals surface area (Å²) in [6.45, 7) is 7.94. The quantitative estimate of drug-likeness (QED) is 0.557. The van der Waals surface area contributed by atoms with Crippen molar-refractivity contribution in [3.63, 3.8) is 0 Å². The summed E-state index contributed by atoms with van der Waals surface area (Å²) in [6, 6.07) is 14.1. The molecule has 0 amide bonds. The van der Waals surface area contributed by atoms with Crippen LogP contribution < -0.4 is 9.47 Å². The first kappa shape index (κ1) is 18.5. The third-order valence-electron chi connectivity index (χ3n) is 4.00. The minimum Gasteiger partial charge on any atom is -0.491 e. The van der Waals surface area contributed by atoms with Crippen LogP contribution in [0.1, 0.15) is 25.1 Å². The molecule has 0 aliphatic carbocycles. The average molecular weight is 415 g/mol. The first-order chi connectivity index (χ1) is 12.7. The Morgan fingerprint density at radius 2 is 1.96 bits per heavy atom. The standard InChI is InChI=1S/C19H17BrN2O2.C2H6/c1-13-11-22-7-8-23-17-10-18(16(20)9-15(17)19(22)21-13)24-12-14-5-3-2-4-6-14;1-2/h2-6,9-11H,7-8,12H2,1H3;1-2H3. The van der Waals surface area contributed by atoms with Crippen LogP contribution in [-0.4, -0.2) is 16.2 Å². The molecule has 3 aromatic rings. The average Bonchev–Trinajstić information content (AvgIpc) is 2.96. The number of nitrogens with zero attached hydrogens (tertiary/aromatic N) is 2. The van der Waals surface area contributed by atoms with Gasteiger partial charge in [0.2, 0.25) is 0 Å².